The number of anilines is 1. The van der Waals surface area contributed by atoms with Crippen LogP contribution >= 0.6 is 27.7 Å². The van der Waals surface area contributed by atoms with Crippen molar-refractivity contribution >= 4 is 49.3 Å². The quantitative estimate of drug-likeness (QED) is 0.791. The number of aromatic nitrogens is 2. The maximum absolute atomic E-state index is 12.6. The molecule has 1 saturated heterocycles. The second kappa shape index (κ2) is 6.44. The van der Waals surface area contributed by atoms with E-state index in [0.717, 1.165) is 27.2 Å². The zero-order valence-corrected chi connectivity index (χ0v) is 16.5. The van der Waals surface area contributed by atoms with Crippen molar-refractivity contribution in [3.8, 4) is 0 Å². The minimum atomic E-state index is -3.02. The molecule has 2 aromatic rings. The van der Waals surface area contributed by atoms with Crippen molar-refractivity contribution in [2.24, 2.45) is 0 Å². The second-order valence-electron chi connectivity index (χ2n) is 6.23. The van der Waals surface area contributed by atoms with Gasteiger partial charge in [-0.15, -0.1) is 0 Å². The van der Waals surface area contributed by atoms with E-state index in [4.69, 9.17) is 0 Å². The molecule has 6 nitrogen and oxygen atoms in total. The average molecular weight is 442 g/mol. The molecule has 0 saturated carbocycles. The van der Waals surface area contributed by atoms with E-state index >= 15 is 0 Å². The average Bonchev–Trinajstić information content (AvgIpc) is 3.23. The van der Waals surface area contributed by atoms with Crippen molar-refractivity contribution in [3.05, 3.63) is 45.6 Å². The molecule has 1 aromatic heterocycles. The molecule has 0 radical (unpaired) electrons. The van der Waals surface area contributed by atoms with Crippen molar-refractivity contribution in [3.63, 3.8) is 0 Å². The predicted octanol–water partition coefficient (Wildman–Crippen LogP) is 3.00. The molecule has 132 valence electrons. The highest BCUT2D eigenvalue weighted by Crippen LogP contribution is 2.38. The van der Waals surface area contributed by atoms with Crippen LogP contribution in [0.5, 0.6) is 0 Å². The van der Waals surface area contributed by atoms with Gasteiger partial charge in [-0.2, -0.15) is 16.9 Å². The summed E-state index contributed by atoms with van der Waals surface area (Å²) in [6.45, 7) is 0. The van der Waals surface area contributed by atoms with Gasteiger partial charge in [0.05, 0.1) is 23.2 Å². The fraction of sp³-hybridized carbons (Fsp3) is 0.375. The van der Waals surface area contributed by atoms with Crippen LogP contribution in [-0.2, 0) is 21.3 Å². The highest BCUT2D eigenvalue weighted by molar-refractivity contribution is 9.10. The first-order chi connectivity index (χ1) is 11.9. The number of halogens is 1. The Morgan fingerprint density at radius 2 is 2.04 bits per heavy atom. The molecule has 25 heavy (non-hydrogen) atoms. The van der Waals surface area contributed by atoms with Crippen LogP contribution in [0.3, 0.4) is 0 Å². The molecule has 2 aliphatic rings. The zero-order valence-electron chi connectivity index (χ0n) is 13.2. The molecule has 3 heterocycles. The van der Waals surface area contributed by atoms with Crippen molar-refractivity contribution in [2.45, 2.75) is 24.0 Å². The fourth-order valence-corrected chi connectivity index (χ4v) is 6.17. The molecule has 1 N–H and O–H groups in total. The van der Waals surface area contributed by atoms with E-state index in [1.54, 1.807) is 28.6 Å². The van der Waals surface area contributed by atoms with Crippen molar-refractivity contribution < 1.29 is 13.2 Å². The largest absolute Gasteiger partial charge is 0.306 e. The number of hydrogen-bond acceptors (Lipinski definition) is 5. The highest BCUT2D eigenvalue weighted by Gasteiger charge is 2.34. The van der Waals surface area contributed by atoms with Gasteiger partial charge in [0.15, 0.2) is 9.84 Å². The minimum absolute atomic E-state index is 0.0852. The number of carbonyl (C=O) groups excluding carboxylic acids is 1. The molecule has 1 aromatic carbocycles. The van der Waals surface area contributed by atoms with E-state index in [1.807, 2.05) is 12.1 Å². The number of amides is 1. The number of thioether (sulfide) groups is 1. The van der Waals surface area contributed by atoms with Gasteiger partial charge >= 0.3 is 0 Å². The monoisotopic (exact) mass is 441 g/mol. The van der Waals surface area contributed by atoms with Gasteiger partial charge in [-0.25, -0.2) is 13.1 Å². The number of rotatable bonds is 3. The Morgan fingerprint density at radius 1 is 1.28 bits per heavy atom. The minimum Gasteiger partial charge on any atom is -0.306 e. The van der Waals surface area contributed by atoms with Crippen molar-refractivity contribution in [1.29, 1.82) is 0 Å². The first kappa shape index (κ1) is 17.1. The summed E-state index contributed by atoms with van der Waals surface area (Å²) in [6, 6.07) is 6.91. The molecule has 1 fully saturated rings. The Kier molecular flexibility index (Phi) is 4.41. The van der Waals surface area contributed by atoms with Crippen molar-refractivity contribution in [2.75, 3.05) is 16.8 Å². The first-order valence-electron chi connectivity index (χ1n) is 7.88. The number of fused-ring (bicyclic) bond motifs is 1. The van der Waals surface area contributed by atoms with Gasteiger partial charge in [0.1, 0.15) is 5.82 Å². The van der Waals surface area contributed by atoms with Crippen LogP contribution in [0.2, 0.25) is 0 Å². The van der Waals surface area contributed by atoms with Crippen LogP contribution < -0.4 is 5.32 Å². The number of benzene rings is 1. The molecule has 9 heteroatoms. The number of nitrogens with one attached hydrogen (secondary N) is 1. The van der Waals surface area contributed by atoms with E-state index < -0.39 is 9.84 Å². The summed E-state index contributed by atoms with van der Waals surface area (Å²) in [5, 5.41) is 7.58. The van der Waals surface area contributed by atoms with Crippen molar-refractivity contribution in [1.82, 2.24) is 9.78 Å². The number of nitrogens with zero attached hydrogens (tertiary/aromatic N) is 2. The predicted molar refractivity (Wildman–Crippen MR) is 102 cm³/mol. The Morgan fingerprint density at radius 3 is 2.72 bits per heavy atom. The van der Waals surface area contributed by atoms with Crippen LogP contribution in [0.4, 0.5) is 5.82 Å². The Labute approximate surface area is 158 Å². The Balaban J connectivity index is 1.66. The zero-order chi connectivity index (χ0) is 17.6. The van der Waals surface area contributed by atoms with Gasteiger partial charge in [0.25, 0.3) is 5.91 Å². The highest BCUT2D eigenvalue weighted by atomic mass is 79.9. The van der Waals surface area contributed by atoms with Crippen LogP contribution in [0, 0.1) is 0 Å². The van der Waals surface area contributed by atoms with E-state index in [1.165, 1.54) is 0 Å². The summed E-state index contributed by atoms with van der Waals surface area (Å²) in [5.74, 6) is 2.27. The summed E-state index contributed by atoms with van der Waals surface area (Å²) >= 11 is 5.11. The van der Waals surface area contributed by atoms with Gasteiger partial charge < -0.3 is 5.32 Å². The van der Waals surface area contributed by atoms with Gasteiger partial charge in [-0.1, -0.05) is 15.9 Å². The van der Waals surface area contributed by atoms with Gasteiger partial charge in [-0.3, -0.25) is 4.79 Å². The van der Waals surface area contributed by atoms with E-state index in [-0.39, 0.29) is 23.5 Å². The first-order valence-corrected chi connectivity index (χ1v) is 11.7. The van der Waals surface area contributed by atoms with Gasteiger partial charge in [-0.05, 0) is 30.7 Å². The molecule has 0 bridgehead atoms. The standard InChI is InChI=1S/C16H16BrN3O3S2/c17-11-3-1-10(2-4-11)16(21)18-15-13-7-24-8-14(13)19-20(15)12-5-6-25(22,23)9-12/h1-4,12H,5-9H2,(H,18,21). The molecule has 2 aliphatic heterocycles. The third-order valence-electron chi connectivity index (χ3n) is 4.47. The van der Waals surface area contributed by atoms with E-state index in [0.29, 0.717) is 17.8 Å². The third kappa shape index (κ3) is 3.37. The molecule has 4 rings (SSSR count). The summed E-state index contributed by atoms with van der Waals surface area (Å²) in [6.07, 6.45) is 0.539. The lowest BCUT2D eigenvalue weighted by atomic mass is 10.2. The van der Waals surface area contributed by atoms with Gasteiger partial charge in [0.2, 0.25) is 0 Å². The second-order valence-corrected chi connectivity index (χ2v) is 10.4. The Hall–Kier alpha value is -1.32. The van der Waals surface area contributed by atoms with Crippen LogP contribution in [0.1, 0.15) is 34.1 Å². The summed E-state index contributed by atoms with van der Waals surface area (Å²) in [5.41, 5.74) is 2.51. The number of hydrogen-bond donors (Lipinski definition) is 1. The molecule has 1 amide bonds. The smallest absolute Gasteiger partial charge is 0.256 e. The van der Waals surface area contributed by atoms with Crippen LogP contribution in [0.15, 0.2) is 28.7 Å². The fourth-order valence-electron chi connectivity index (χ4n) is 3.18. The maximum atomic E-state index is 12.6. The molecule has 0 spiro atoms. The maximum Gasteiger partial charge on any atom is 0.256 e. The lowest BCUT2D eigenvalue weighted by molar-refractivity contribution is 0.102. The van der Waals surface area contributed by atoms with Gasteiger partial charge in [0, 0.05) is 27.1 Å². The topological polar surface area (TPSA) is 81.1 Å². The van der Waals surface area contributed by atoms with Crippen LogP contribution in [0.25, 0.3) is 0 Å². The summed E-state index contributed by atoms with van der Waals surface area (Å²) in [7, 11) is -3.02. The SMILES string of the molecule is O=C(Nc1c2c(nn1C1CCS(=O)(=O)C1)CSC2)c1ccc(Br)cc1. The summed E-state index contributed by atoms with van der Waals surface area (Å²) < 4.78 is 26.3. The third-order valence-corrected chi connectivity index (χ3v) is 7.72. The van der Waals surface area contributed by atoms with E-state index in [9.17, 15) is 13.2 Å². The number of sulfone groups is 1. The lowest BCUT2D eigenvalue weighted by Crippen LogP contribution is -2.20. The number of carbonyl (C=O) groups is 1. The Bertz CT molecular complexity index is 938. The van der Waals surface area contributed by atoms with Crippen LogP contribution in [-0.4, -0.2) is 35.6 Å². The summed E-state index contributed by atoms with van der Waals surface area (Å²) in [4.78, 5) is 12.6. The van der Waals surface area contributed by atoms with E-state index in [2.05, 4.69) is 26.3 Å². The normalized spacial score (nSPS) is 21.2. The molecular formula is C16H16BrN3O3S2. The molecule has 1 atom stereocenters. The lowest BCUT2D eigenvalue weighted by Gasteiger charge is -2.15. The molecule has 1 unspecified atom stereocenters. The molecular weight excluding hydrogens is 426 g/mol. The molecule has 0 aliphatic carbocycles.